The van der Waals surface area contributed by atoms with Crippen molar-refractivity contribution >= 4 is 22.2 Å². The molecule has 1 aliphatic carbocycles. The molecule has 1 fully saturated rings. The minimum Gasteiger partial charge on any atom is -0.489 e. The van der Waals surface area contributed by atoms with Crippen LogP contribution in [0.15, 0.2) is 22.7 Å². The largest absolute Gasteiger partial charge is 0.489 e. The molecule has 2 nitrogen and oxygen atoms in total. The maximum Gasteiger partial charge on any atom is 0.150 e. The number of hydrogen-bond acceptors (Lipinski definition) is 2. The Bertz CT molecular complexity index is 370. The molecule has 1 saturated carbocycles. The van der Waals surface area contributed by atoms with Gasteiger partial charge in [0.2, 0.25) is 0 Å². The third kappa shape index (κ3) is 2.85. The lowest BCUT2D eigenvalue weighted by Gasteiger charge is -2.23. The number of benzene rings is 1. The summed E-state index contributed by atoms with van der Waals surface area (Å²) in [6, 6.07) is 5.45. The van der Waals surface area contributed by atoms with Gasteiger partial charge in [-0.15, -0.1) is 0 Å². The molecule has 0 heterocycles. The standard InChI is InChI=1S/C13H15BrO2/c14-12-8-10(9-15)6-7-13(12)16-11-4-2-1-3-5-11/h6-9,11H,1-5H2. The van der Waals surface area contributed by atoms with E-state index >= 15 is 0 Å². The molecular weight excluding hydrogens is 268 g/mol. The van der Waals surface area contributed by atoms with Crippen molar-refractivity contribution in [1.29, 1.82) is 0 Å². The van der Waals surface area contributed by atoms with Crippen molar-refractivity contribution in [2.45, 2.75) is 38.2 Å². The highest BCUT2D eigenvalue weighted by Crippen LogP contribution is 2.29. The van der Waals surface area contributed by atoms with Crippen LogP contribution < -0.4 is 4.74 Å². The van der Waals surface area contributed by atoms with Gasteiger partial charge < -0.3 is 4.74 Å². The Morgan fingerprint density at radius 3 is 2.62 bits per heavy atom. The molecule has 1 aromatic carbocycles. The van der Waals surface area contributed by atoms with E-state index in [1.54, 1.807) is 12.1 Å². The first-order chi connectivity index (χ1) is 7.79. The van der Waals surface area contributed by atoms with Crippen LogP contribution in [-0.4, -0.2) is 12.4 Å². The van der Waals surface area contributed by atoms with Gasteiger partial charge in [-0.25, -0.2) is 0 Å². The molecule has 0 amide bonds. The quantitative estimate of drug-likeness (QED) is 0.784. The summed E-state index contributed by atoms with van der Waals surface area (Å²) in [4.78, 5) is 10.6. The molecule has 0 unspecified atom stereocenters. The van der Waals surface area contributed by atoms with Gasteiger partial charge in [0, 0.05) is 5.56 Å². The summed E-state index contributed by atoms with van der Waals surface area (Å²) in [5.74, 6) is 0.845. The second-order valence-corrected chi connectivity index (χ2v) is 5.04. The molecule has 0 saturated heterocycles. The molecule has 0 N–H and O–H groups in total. The maximum absolute atomic E-state index is 10.6. The molecular formula is C13H15BrO2. The molecule has 0 aromatic heterocycles. The van der Waals surface area contributed by atoms with Crippen LogP contribution in [0.2, 0.25) is 0 Å². The summed E-state index contributed by atoms with van der Waals surface area (Å²) in [6.45, 7) is 0. The third-order valence-electron chi connectivity index (χ3n) is 2.94. The predicted octanol–water partition coefficient (Wildman–Crippen LogP) is 3.97. The molecule has 0 bridgehead atoms. The predicted molar refractivity (Wildman–Crippen MR) is 67.0 cm³/mol. The first-order valence-electron chi connectivity index (χ1n) is 5.71. The molecule has 1 aliphatic rings. The van der Waals surface area contributed by atoms with Gasteiger partial charge >= 0.3 is 0 Å². The molecule has 16 heavy (non-hydrogen) atoms. The molecule has 0 aliphatic heterocycles. The zero-order chi connectivity index (χ0) is 11.4. The van der Waals surface area contributed by atoms with Crippen molar-refractivity contribution in [1.82, 2.24) is 0 Å². The van der Waals surface area contributed by atoms with Gasteiger partial charge in [0.1, 0.15) is 12.0 Å². The number of hydrogen-bond donors (Lipinski definition) is 0. The van der Waals surface area contributed by atoms with Gasteiger partial charge in [0.15, 0.2) is 0 Å². The molecule has 0 spiro atoms. The molecule has 3 heteroatoms. The summed E-state index contributed by atoms with van der Waals surface area (Å²) >= 11 is 3.43. The number of ether oxygens (including phenoxy) is 1. The second kappa shape index (κ2) is 5.48. The minimum atomic E-state index is 0.340. The Labute approximate surface area is 104 Å². The fraction of sp³-hybridized carbons (Fsp3) is 0.462. The summed E-state index contributed by atoms with van der Waals surface area (Å²) in [5.41, 5.74) is 0.669. The average Bonchev–Trinajstić information content (AvgIpc) is 2.33. The van der Waals surface area contributed by atoms with Crippen LogP contribution in [0.4, 0.5) is 0 Å². The summed E-state index contributed by atoms with van der Waals surface area (Å²) in [5, 5.41) is 0. The monoisotopic (exact) mass is 282 g/mol. The van der Waals surface area contributed by atoms with Crippen LogP contribution in [-0.2, 0) is 0 Å². The van der Waals surface area contributed by atoms with E-state index in [9.17, 15) is 4.79 Å². The lowest BCUT2D eigenvalue weighted by atomic mass is 9.98. The smallest absolute Gasteiger partial charge is 0.150 e. The third-order valence-corrected chi connectivity index (χ3v) is 3.56. The van der Waals surface area contributed by atoms with Crippen LogP contribution in [0.1, 0.15) is 42.5 Å². The highest BCUT2D eigenvalue weighted by Gasteiger charge is 2.15. The number of halogens is 1. The van der Waals surface area contributed by atoms with Crippen molar-refractivity contribution < 1.29 is 9.53 Å². The summed E-state index contributed by atoms with van der Waals surface area (Å²) in [6.07, 6.45) is 7.31. The van der Waals surface area contributed by atoms with Crippen molar-refractivity contribution in [3.8, 4) is 5.75 Å². The highest BCUT2D eigenvalue weighted by atomic mass is 79.9. The van der Waals surface area contributed by atoms with Crippen LogP contribution in [0, 0.1) is 0 Å². The van der Waals surface area contributed by atoms with E-state index in [2.05, 4.69) is 15.9 Å². The van der Waals surface area contributed by atoms with Crippen molar-refractivity contribution in [3.05, 3.63) is 28.2 Å². The SMILES string of the molecule is O=Cc1ccc(OC2CCCCC2)c(Br)c1. The summed E-state index contributed by atoms with van der Waals surface area (Å²) in [7, 11) is 0. The van der Waals surface area contributed by atoms with Crippen LogP contribution in [0.25, 0.3) is 0 Å². The first-order valence-corrected chi connectivity index (χ1v) is 6.50. The lowest BCUT2D eigenvalue weighted by molar-refractivity contribution is 0.112. The van der Waals surface area contributed by atoms with Gasteiger partial charge in [0.05, 0.1) is 10.6 Å². The van der Waals surface area contributed by atoms with E-state index in [0.717, 1.165) is 29.4 Å². The van der Waals surface area contributed by atoms with E-state index < -0.39 is 0 Å². The lowest BCUT2D eigenvalue weighted by Crippen LogP contribution is -2.19. The number of carbonyl (C=O) groups is 1. The van der Waals surface area contributed by atoms with Crippen molar-refractivity contribution in [2.75, 3.05) is 0 Å². The average molecular weight is 283 g/mol. The van der Waals surface area contributed by atoms with Crippen LogP contribution in [0.5, 0.6) is 5.75 Å². The minimum absolute atomic E-state index is 0.340. The topological polar surface area (TPSA) is 26.3 Å². The maximum atomic E-state index is 10.6. The van der Waals surface area contributed by atoms with Gasteiger partial charge in [-0.2, -0.15) is 0 Å². The Kier molecular flexibility index (Phi) is 3.99. The van der Waals surface area contributed by atoms with E-state index in [1.165, 1.54) is 19.3 Å². The Hall–Kier alpha value is -0.830. The van der Waals surface area contributed by atoms with E-state index in [1.807, 2.05) is 6.07 Å². The number of aldehydes is 1. The molecule has 0 atom stereocenters. The van der Waals surface area contributed by atoms with E-state index in [0.29, 0.717) is 11.7 Å². The Balaban J connectivity index is 2.05. The highest BCUT2D eigenvalue weighted by molar-refractivity contribution is 9.10. The van der Waals surface area contributed by atoms with Crippen LogP contribution >= 0.6 is 15.9 Å². The molecule has 1 aromatic rings. The second-order valence-electron chi connectivity index (χ2n) is 4.19. The zero-order valence-corrected chi connectivity index (χ0v) is 10.7. The molecule has 86 valence electrons. The fourth-order valence-electron chi connectivity index (χ4n) is 2.05. The van der Waals surface area contributed by atoms with Crippen molar-refractivity contribution in [2.24, 2.45) is 0 Å². The van der Waals surface area contributed by atoms with Gasteiger partial charge in [-0.1, -0.05) is 6.42 Å². The van der Waals surface area contributed by atoms with E-state index in [-0.39, 0.29) is 0 Å². The normalized spacial score (nSPS) is 17.1. The number of carbonyl (C=O) groups excluding carboxylic acids is 1. The number of rotatable bonds is 3. The fourth-order valence-corrected chi connectivity index (χ4v) is 2.54. The first kappa shape index (κ1) is 11.6. The van der Waals surface area contributed by atoms with E-state index in [4.69, 9.17) is 4.74 Å². The van der Waals surface area contributed by atoms with Gasteiger partial charge in [-0.05, 0) is 59.8 Å². The Morgan fingerprint density at radius 1 is 1.25 bits per heavy atom. The zero-order valence-electron chi connectivity index (χ0n) is 9.12. The van der Waals surface area contributed by atoms with Crippen molar-refractivity contribution in [3.63, 3.8) is 0 Å². The van der Waals surface area contributed by atoms with Gasteiger partial charge in [-0.3, -0.25) is 4.79 Å². The van der Waals surface area contributed by atoms with Gasteiger partial charge in [0.25, 0.3) is 0 Å². The summed E-state index contributed by atoms with van der Waals surface area (Å²) < 4.78 is 6.79. The molecule has 0 radical (unpaired) electrons. The Morgan fingerprint density at radius 2 is 2.00 bits per heavy atom. The van der Waals surface area contributed by atoms with Crippen LogP contribution in [0.3, 0.4) is 0 Å². The molecule has 2 rings (SSSR count).